The Morgan fingerprint density at radius 1 is 0.365 bits per heavy atom. The van der Waals surface area contributed by atoms with Crippen molar-refractivity contribution >= 4 is 58.4 Å². The van der Waals surface area contributed by atoms with Gasteiger partial charge in [-0.15, -0.1) is 0 Å². The maximum absolute atomic E-state index is 6.18. The molecule has 0 saturated carbocycles. The van der Waals surface area contributed by atoms with Crippen molar-refractivity contribution in [2.24, 2.45) is 0 Å². The van der Waals surface area contributed by atoms with Crippen LogP contribution in [0.4, 0.5) is 0 Å². The van der Waals surface area contributed by atoms with Crippen LogP contribution >= 0.6 is 0 Å². The number of rotatable bonds is 13. The van der Waals surface area contributed by atoms with Gasteiger partial charge in [-0.25, -0.2) is 0 Å². The minimum atomic E-state index is 0.598. The Morgan fingerprint density at radius 3 is 1.24 bits per heavy atom. The topological polar surface area (TPSA) is 9.23 Å². The van der Waals surface area contributed by atoms with Crippen molar-refractivity contribution in [3.05, 3.63) is 280 Å². The molecule has 9 rings (SSSR count). The highest BCUT2D eigenvalue weighted by molar-refractivity contribution is 6.06. The summed E-state index contributed by atoms with van der Waals surface area (Å²) in [6, 6.07) is 79.5. The van der Waals surface area contributed by atoms with Gasteiger partial charge in [0.15, 0.2) is 0 Å². The van der Waals surface area contributed by atoms with Gasteiger partial charge in [0.2, 0.25) is 0 Å². The number of hydrogen-bond acceptors (Lipinski definition) is 1. The molecule has 9 aromatic carbocycles. The van der Waals surface area contributed by atoms with Crippen molar-refractivity contribution < 1.29 is 4.74 Å². The monoisotopic (exact) mass is 808 g/mol. The quantitative estimate of drug-likeness (QED) is 0.105. The van der Waals surface area contributed by atoms with Gasteiger partial charge in [0.05, 0.1) is 6.61 Å². The van der Waals surface area contributed by atoms with Crippen molar-refractivity contribution in [3.8, 4) is 16.9 Å². The van der Waals surface area contributed by atoms with Crippen molar-refractivity contribution in [2.45, 2.75) is 6.92 Å². The summed E-state index contributed by atoms with van der Waals surface area (Å²) in [5.41, 5.74) is 16.2. The lowest BCUT2D eigenvalue weighted by molar-refractivity contribution is 0.341. The molecule has 0 saturated heterocycles. The van der Waals surface area contributed by atoms with Gasteiger partial charge in [-0.3, -0.25) is 0 Å². The van der Waals surface area contributed by atoms with Crippen LogP contribution in [-0.2, 0) is 0 Å². The van der Waals surface area contributed by atoms with Gasteiger partial charge in [-0.1, -0.05) is 237 Å². The van der Waals surface area contributed by atoms with Crippen molar-refractivity contribution in [2.75, 3.05) is 6.61 Å². The van der Waals surface area contributed by atoms with E-state index in [4.69, 9.17) is 4.74 Å². The minimum Gasteiger partial charge on any atom is -0.493 e. The molecule has 302 valence electrons. The van der Waals surface area contributed by atoms with Gasteiger partial charge in [0.1, 0.15) is 5.75 Å². The standard InChI is InChI=1S/C62H48O/c1-2-63-62-30-18-17-29-58(62)61-45-54(41-39-46-31-35-48(36-32-46)43-59(50-19-7-3-8-20-50)51-21-9-4-10-22-51)55(56-27-15-16-28-57(56)61)42-40-47-33-37-49(38-34-47)44-60(52-23-11-5-12-24-52)53-25-13-6-14-26-53/h3-45H,2H2,1H3. The molecule has 0 fully saturated rings. The fraction of sp³-hybridized carbons (Fsp3) is 0.0323. The van der Waals surface area contributed by atoms with E-state index in [1.807, 2.05) is 13.0 Å². The van der Waals surface area contributed by atoms with Gasteiger partial charge in [-0.05, 0) is 114 Å². The predicted octanol–water partition coefficient (Wildman–Crippen LogP) is 16.4. The molecule has 63 heavy (non-hydrogen) atoms. The third kappa shape index (κ3) is 9.65. The van der Waals surface area contributed by atoms with Gasteiger partial charge < -0.3 is 4.74 Å². The van der Waals surface area contributed by atoms with Gasteiger partial charge >= 0.3 is 0 Å². The molecule has 0 amide bonds. The van der Waals surface area contributed by atoms with Crippen LogP contribution in [0.2, 0.25) is 0 Å². The Bertz CT molecular complexity index is 2960. The molecule has 0 radical (unpaired) electrons. The Kier molecular flexibility index (Phi) is 12.6. The summed E-state index contributed by atoms with van der Waals surface area (Å²) in [6.07, 6.45) is 13.5. The molecule has 0 spiro atoms. The van der Waals surface area contributed by atoms with Gasteiger partial charge in [-0.2, -0.15) is 0 Å². The fourth-order valence-corrected chi connectivity index (χ4v) is 8.18. The summed E-state index contributed by atoms with van der Waals surface area (Å²) in [7, 11) is 0. The van der Waals surface area contributed by atoms with Gasteiger partial charge in [0, 0.05) is 5.56 Å². The van der Waals surface area contributed by atoms with Crippen LogP contribution in [0.3, 0.4) is 0 Å². The van der Waals surface area contributed by atoms with Crippen LogP contribution in [0.25, 0.3) is 69.5 Å². The first kappa shape index (κ1) is 40.4. The molecule has 0 N–H and O–H groups in total. The largest absolute Gasteiger partial charge is 0.493 e. The smallest absolute Gasteiger partial charge is 0.127 e. The molecule has 0 heterocycles. The van der Waals surface area contributed by atoms with E-state index in [2.05, 4.69) is 255 Å². The second-order valence-electron chi connectivity index (χ2n) is 15.5. The molecule has 1 nitrogen and oxygen atoms in total. The van der Waals surface area contributed by atoms with Crippen LogP contribution in [-0.4, -0.2) is 6.61 Å². The second-order valence-corrected chi connectivity index (χ2v) is 15.5. The zero-order valence-corrected chi connectivity index (χ0v) is 35.4. The first-order valence-electron chi connectivity index (χ1n) is 21.7. The molecular formula is C62H48O. The maximum atomic E-state index is 6.18. The summed E-state index contributed by atoms with van der Waals surface area (Å²) in [5.74, 6) is 0.884. The zero-order valence-electron chi connectivity index (χ0n) is 35.4. The van der Waals surface area contributed by atoms with E-state index < -0.39 is 0 Å². The third-order valence-corrected chi connectivity index (χ3v) is 11.3. The minimum absolute atomic E-state index is 0.598. The van der Waals surface area contributed by atoms with Crippen molar-refractivity contribution in [1.29, 1.82) is 0 Å². The Labute approximate surface area is 372 Å². The van der Waals surface area contributed by atoms with Crippen LogP contribution in [0.15, 0.2) is 224 Å². The number of para-hydroxylation sites is 1. The molecule has 0 aliphatic carbocycles. The van der Waals surface area contributed by atoms with E-state index in [0.717, 1.165) is 50.3 Å². The number of fused-ring (bicyclic) bond motifs is 1. The summed E-state index contributed by atoms with van der Waals surface area (Å²) in [5, 5.41) is 2.36. The lowest BCUT2D eigenvalue weighted by Crippen LogP contribution is -1.95. The highest BCUT2D eigenvalue weighted by atomic mass is 16.5. The van der Waals surface area contributed by atoms with E-state index >= 15 is 0 Å². The van der Waals surface area contributed by atoms with E-state index in [1.165, 1.54) is 44.2 Å². The predicted molar refractivity (Wildman–Crippen MR) is 271 cm³/mol. The van der Waals surface area contributed by atoms with Crippen LogP contribution in [0, 0.1) is 0 Å². The van der Waals surface area contributed by atoms with Crippen LogP contribution in [0.5, 0.6) is 5.75 Å². The molecule has 0 aliphatic rings. The second kappa shape index (κ2) is 19.6. The molecule has 0 unspecified atom stereocenters. The SMILES string of the molecule is CCOc1ccccc1-c1cc(C=Cc2ccc(C=C(c3ccccc3)c3ccccc3)cc2)c(C=Cc2ccc(C=C(c3ccccc3)c3ccccc3)cc2)c2ccccc12. The van der Waals surface area contributed by atoms with Crippen molar-refractivity contribution in [3.63, 3.8) is 0 Å². The molecule has 0 atom stereocenters. The molecule has 0 aliphatic heterocycles. The average molecular weight is 809 g/mol. The summed E-state index contributed by atoms with van der Waals surface area (Å²) >= 11 is 0. The highest BCUT2D eigenvalue weighted by Gasteiger charge is 2.14. The molecule has 1 heteroatoms. The third-order valence-electron chi connectivity index (χ3n) is 11.3. The van der Waals surface area contributed by atoms with E-state index in [1.54, 1.807) is 0 Å². The van der Waals surface area contributed by atoms with Gasteiger partial charge in [0.25, 0.3) is 0 Å². The van der Waals surface area contributed by atoms with Crippen LogP contribution in [0.1, 0.15) is 62.6 Å². The lowest BCUT2D eigenvalue weighted by Gasteiger charge is -2.16. The summed E-state index contributed by atoms with van der Waals surface area (Å²) in [6.45, 7) is 2.64. The first-order valence-corrected chi connectivity index (χ1v) is 21.7. The maximum Gasteiger partial charge on any atom is 0.127 e. The Balaban J connectivity index is 1.08. The van der Waals surface area contributed by atoms with E-state index in [9.17, 15) is 0 Å². The average Bonchev–Trinajstić information content (AvgIpc) is 3.35. The van der Waals surface area contributed by atoms with E-state index in [0.29, 0.717) is 6.61 Å². The van der Waals surface area contributed by atoms with Crippen LogP contribution < -0.4 is 4.74 Å². The molecule has 0 aromatic heterocycles. The zero-order chi connectivity index (χ0) is 42.6. The molecule has 9 aromatic rings. The normalized spacial score (nSPS) is 11.2. The number of ether oxygens (including phenoxy) is 1. The highest BCUT2D eigenvalue weighted by Crippen LogP contribution is 2.39. The molecular weight excluding hydrogens is 761 g/mol. The first-order chi connectivity index (χ1) is 31.2. The lowest BCUT2D eigenvalue weighted by atomic mass is 9.90. The summed E-state index contributed by atoms with van der Waals surface area (Å²) in [4.78, 5) is 0. The van der Waals surface area contributed by atoms with E-state index in [-0.39, 0.29) is 0 Å². The van der Waals surface area contributed by atoms with Crippen molar-refractivity contribution in [1.82, 2.24) is 0 Å². The molecule has 0 bridgehead atoms. The number of benzene rings is 9. The fourth-order valence-electron chi connectivity index (χ4n) is 8.18. The Hall–Kier alpha value is -8.00. The number of hydrogen-bond donors (Lipinski definition) is 0. The summed E-state index contributed by atoms with van der Waals surface area (Å²) < 4.78 is 6.18. The Morgan fingerprint density at radius 2 is 0.762 bits per heavy atom.